The van der Waals surface area contributed by atoms with Crippen LogP contribution in [0.4, 0.5) is 0 Å². The topological polar surface area (TPSA) is 57.5 Å². The third-order valence-electron chi connectivity index (χ3n) is 6.70. The molecule has 0 spiro atoms. The molecule has 0 aromatic heterocycles. The Kier molecular flexibility index (Phi) is 2.23. The molecule has 4 bridgehead atoms. The van der Waals surface area contributed by atoms with Gasteiger partial charge in [0.2, 0.25) is 0 Å². The van der Waals surface area contributed by atoms with E-state index in [1.54, 1.807) is 13.8 Å². The van der Waals surface area contributed by atoms with E-state index in [9.17, 15) is 15.0 Å². The first kappa shape index (κ1) is 12.6. The zero-order valence-corrected chi connectivity index (χ0v) is 11.7. The molecular formula is C15H24O3. The van der Waals surface area contributed by atoms with Crippen LogP contribution in [0.1, 0.15) is 47.0 Å². The quantitative estimate of drug-likeness (QED) is 0.747. The van der Waals surface area contributed by atoms with E-state index >= 15 is 0 Å². The van der Waals surface area contributed by atoms with Crippen LogP contribution in [0, 0.1) is 28.6 Å². The Hall–Kier alpha value is -0.410. The van der Waals surface area contributed by atoms with Gasteiger partial charge in [-0.25, -0.2) is 0 Å². The summed E-state index contributed by atoms with van der Waals surface area (Å²) < 4.78 is 0. The second-order valence-corrected chi connectivity index (χ2v) is 7.66. The highest BCUT2D eigenvalue weighted by molar-refractivity contribution is 5.92. The number of Topliss-reactive ketones (excluding diaryl/α,β-unsaturated/α-hetero) is 1. The number of ketones is 1. The molecule has 3 heteroatoms. The van der Waals surface area contributed by atoms with Crippen LogP contribution in [0.15, 0.2) is 0 Å². The molecule has 3 rings (SSSR count). The lowest BCUT2D eigenvalue weighted by molar-refractivity contribution is -0.136. The molecule has 0 saturated heterocycles. The van der Waals surface area contributed by atoms with Crippen LogP contribution in [0.25, 0.3) is 0 Å². The van der Waals surface area contributed by atoms with Crippen LogP contribution in [0.5, 0.6) is 0 Å². The second kappa shape index (κ2) is 3.18. The van der Waals surface area contributed by atoms with Crippen molar-refractivity contribution < 1.29 is 15.0 Å². The minimum atomic E-state index is -0.885. The minimum absolute atomic E-state index is 0.0443. The summed E-state index contributed by atoms with van der Waals surface area (Å²) in [7, 11) is 0. The van der Waals surface area contributed by atoms with Gasteiger partial charge in [-0.05, 0) is 44.9 Å². The molecule has 0 radical (unpaired) electrons. The van der Waals surface area contributed by atoms with Gasteiger partial charge in [0.1, 0.15) is 5.78 Å². The monoisotopic (exact) mass is 252 g/mol. The van der Waals surface area contributed by atoms with Gasteiger partial charge >= 0.3 is 0 Å². The molecule has 1 unspecified atom stereocenters. The highest BCUT2D eigenvalue weighted by Gasteiger charge is 2.75. The van der Waals surface area contributed by atoms with Crippen molar-refractivity contribution in [2.24, 2.45) is 28.6 Å². The van der Waals surface area contributed by atoms with E-state index in [2.05, 4.69) is 6.92 Å². The second-order valence-electron chi connectivity index (χ2n) is 7.66. The summed E-state index contributed by atoms with van der Waals surface area (Å²) in [5.41, 5.74) is -1.53. The van der Waals surface area contributed by atoms with Crippen molar-refractivity contribution in [1.82, 2.24) is 0 Å². The number of carbonyl (C=O) groups is 1. The number of hydrogen-bond donors (Lipinski definition) is 2. The van der Waals surface area contributed by atoms with Crippen LogP contribution in [-0.4, -0.2) is 27.7 Å². The van der Waals surface area contributed by atoms with Crippen LogP contribution in [0.2, 0.25) is 0 Å². The molecule has 3 nitrogen and oxygen atoms in total. The predicted octanol–water partition coefficient (Wildman–Crippen LogP) is 1.76. The normalized spacial score (nSPS) is 55.1. The first-order valence-electron chi connectivity index (χ1n) is 7.09. The molecule has 3 aliphatic carbocycles. The van der Waals surface area contributed by atoms with E-state index in [0.717, 1.165) is 12.8 Å². The van der Waals surface area contributed by atoms with Crippen molar-refractivity contribution in [3.8, 4) is 0 Å². The Morgan fingerprint density at radius 3 is 2.50 bits per heavy atom. The third-order valence-corrected chi connectivity index (χ3v) is 6.70. The molecule has 0 heterocycles. The molecule has 0 aromatic carbocycles. The molecule has 3 saturated carbocycles. The smallest absolute Gasteiger partial charge is 0.143 e. The van der Waals surface area contributed by atoms with Crippen molar-refractivity contribution in [1.29, 1.82) is 0 Å². The summed E-state index contributed by atoms with van der Waals surface area (Å²) in [6, 6.07) is 0. The third kappa shape index (κ3) is 1.11. The molecule has 102 valence electrons. The first-order valence-corrected chi connectivity index (χ1v) is 7.09. The van der Waals surface area contributed by atoms with Gasteiger partial charge in [0, 0.05) is 16.7 Å². The van der Waals surface area contributed by atoms with Crippen molar-refractivity contribution in [2.75, 3.05) is 0 Å². The van der Waals surface area contributed by atoms with Crippen molar-refractivity contribution in [2.45, 2.75) is 58.7 Å². The predicted molar refractivity (Wildman–Crippen MR) is 67.8 cm³/mol. The maximum Gasteiger partial charge on any atom is 0.143 e. The number of rotatable bonds is 1. The first-order chi connectivity index (χ1) is 8.14. The van der Waals surface area contributed by atoms with Gasteiger partial charge < -0.3 is 10.2 Å². The molecule has 0 amide bonds. The fourth-order valence-electron chi connectivity index (χ4n) is 5.35. The van der Waals surface area contributed by atoms with Crippen molar-refractivity contribution >= 4 is 5.78 Å². The molecule has 3 fully saturated rings. The van der Waals surface area contributed by atoms with Crippen LogP contribution in [0.3, 0.4) is 0 Å². The van der Waals surface area contributed by atoms with Gasteiger partial charge in [0.25, 0.3) is 0 Å². The van der Waals surface area contributed by atoms with Crippen LogP contribution >= 0.6 is 0 Å². The SMILES string of the molecule is CC(C)(O)[C@H]1C[C@H](O)[C@]2(C)C3CC[C@]2(C)C(=O)[C@@H]31. The van der Waals surface area contributed by atoms with Gasteiger partial charge in [-0.1, -0.05) is 13.8 Å². The van der Waals surface area contributed by atoms with E-state index in [1.807, 2.05) is 6.92 Å². The van der Waals surface area contributed by atoms with Crippen molar-refractivity contribution in [3.05, 3.63) is 0 Å². The Bertz CT molecular complexity index is 408. The summed E-state index contributed by atoms with van der Waals surface area (Å²) in [6.45, 7) is 7.67. The van der Waals surface area contributed by atoms with E-state index in [4.69, 9.17) is 0 Å². The fourth-order valence-corrected chi connectivity index (χ4v) is 5.35. The van der Waals surface area contributed by atoms with E-state index in [-0.39, 0.29) is 28.6 Å². The van der Waals surface area contributed by atoms with E-state index in [1.165, 1.54) is 0 Å². The average Bonchev–Trinajstić information content (AvgIpc) is 2.58. The highest BCUT2D eigenvalue weighted by atomic mass is 16.3. The Morgan fingerprint density at radius 2 is 1.94 bits per heavy atom. The van der Waals surface area contributed by atoms with Gasteiger partial charge in [-0.3, -0.25) is 4.79 Å². The largest absolute Gasteiger partial charge is 0.393 e. The summed E-state index contributed by atoms with van der Waals surface area (Å²) in [4.78, 5) is 12.8. The minimum Gasteiger partial charge on any atom is -0.393 e. The summed E-state index contributed by atoms with van der Waals surface area (Å²) in [5.74, 6) is 0.414. The maximum absolute atomic E-state index is 12.8. The van der Waals surface area contributed by atoms with Gasteiger partial charge in [-0.15, -0.1) is 0 Å². The lowest BCUT2D eigenvalue weighted by Crippen LogP contribution is -2.51. The Morgan fingerprint density at radius 1 is 1.33 bits per heavy atom. The molecule has 0 aliphatic heterocycles. The average molecular weight is 252 g/mol. The van der Waals surface area contributed by atoms with Gasteiger partial charge in [0.15, 0.2) is 0 Å². The number of hydrogen-bond acceptors (Lipinski definition) is 3. The molecule has 18 heavy (non-hydrogen) atoms. The highest BCUT2D eigenvalue weighted by Crippen LogP contribution is 2.72. The number of carbonyl (C=O) groups excluding carboxylic acids is 1. The molecular weight excluding hydrogens is 228 g/mol. The fraction of sp³-hybridized carbons (Fsp3) is 0.933. The number of aliphatic hydroxyl groups excluding tert-OH is 1. The molecule has 6 atom stereocenters. The lowest BCUT2D eigenvalue weighted by atomic mass is 9.59. The Labute approximate surface area is 109 Å². The summed E-state index contributed by atoms with van der Waals surface area (Å²) in [6.07, 6.45) is 2.02. The zero-order chi connectivity index (χ0) is 13.5. The molecule has 0 aromatic rings. The molecule has 2 N–H and O–H groups in total. The van der Waals surface area contributed by atoms with Gasteiger partial charge in [-0.2, -0.15) is 0 Å². The Balaban J connectivity index is 2.12. The number of aliphatic hydroxyl groups is 2. The van der Waals surface area contributed by atoms with Crippen molar-refractivity contribution in [3.63, 3.8) is 0 Å². The maximum atomic E-state index is 12.8. The standard InChI is InChI=1S/C15H24O3/c1-13(2,18)9-7-10(16)15(4)8-5-6-14(15,3)12(17)11(8)9/h8-11,16,18H,5-7H2,1-4H3/t8?,9-,10-,11-,14+,15-/m0/s1. The van der Waals surface area contributed by atoms with Gasteiger partial charge in [0.05, 0.1) is 11.7 Å². The van der Waals surface area contributed by atoms with Crippen LogP contribution < -0.4 is 0 Å². The zero-order valence-electron chi connectivity index (χ0n) is 11.7. The van der Waals surface area contributed by atoms with E-state index < -0.39 is 11.7 Å². The molecule has 3 aliphatic rings. The summed E-state index contributed by atoms with van der Waals surface area (Å²) in [5, 5.41) is 20.9. The van der Waals surface area contributed by atoms with E-state index in [0.29, 0.717) is 12.2 Å². The lowest BCUT2D eigenvalue weighted by Gasteiger charge is -2.48. The summed E-state index contributed by atoms with van der Waals surface area (Å²) >= 11 is 0. The van der Waals surface area contributed by atoms with Crippen LogP contribution in [-0.2, 0) is 4.79 Å².